The van der Waals surface area contributed by atoms with E-state index in [2.05, 4.69) is 15.2 Å². The van der Waals surface area contributed by atoms with Crippen LogP contribution in [0.2, 0.25) is 0 Å². The quantitative estimate of drug-likeness (QED) is 0.821. The number of amides is 1. The van der Waals surface area contributed by atoms with Crippen LogP contribution in [0.3, 0.4) is 0 Å². The molecule has 2 aliphatic rings. The third-order valence-electron chi connectivity index (χ3n) is 5.87. The first kappa shape index (κ1) is 18.9. The second-order valence-corrected chi connectivity index (χ2v) is 7.90. The van der Waals surface area contributed by atoms with Gasteiger partial charge >= 0.3 is 0 Å². The fraction of sp³-hybridized carbons (Fsp3) is 0.571. The third kappa shape index (κ3) is 4.04. The fourth-order valence-electron chi connectivity index (χ4n) is 4.27. The molecular weight excluding hydrogens is 356 g/mol. The molecule has 28 heavy (non-hydrogen) atoms. The Labute approximate surface area is 164 Å². The Morgan fingerprint density at radius 1 is 1.14 bits per heavy atom. The molecule has 2 fully saturated rings. The molecule has 1 aliphatic heterocycles. The van der Waals surface area contributed by atoms with Gasteiger partial charge in [0.2, 0.25) is 5.91 Å². The highest BCUT2D eigenvalue weighted by atomic mass is 16.3. The Kier molecular flexibility index (Phi) is 5.62. The Morgan fingerprint density at radius 3 is 2.61 bits per heavy atom. The SMILES string of the molecule is O=C(CCn1c(=O)c(N2CCCC2)nc2ccccc21)NC1CCC(O)CC1. The average molecular weight is 384 g/mol. The van der Waals surface area contributed by atoms with Gasteiger partial charge in [-0.3, -0.25) is 9.59 Å². The van der Waals surface area contributed by atoms with Crippen molar-refractivity contribution in [2.24, 2.45) is 0 Å². The summed E-state index contributed by atoms with van der Waals surface area (Å²) in [5.41, 5.74) is 1.43. The van der Waals surface area contributed by atoms with Crippen molar-refractivity contribution >= 4 is 22.8 Å². The van der Waals surface area contributed by atoms with Crippen molar-refractivity contribution in [2.75, 3.05) is 18.0 Å². The molecule has 4 rings (SSSR count). The number of aliphatic hydroxyl groups excluding tert-OH is 1. The molecule has 0 bridgehead atoms. The second-order valence-electron chi connectivity index (χ2n) is 7.90. The maximum absolute atomic E-state index is 13.1. The number of nitrogens with one attached hydrogen (secondary N) is 1. The van der Waals surface area contributed by atoms with Gasteiger partial charge < -0.3 is 19.9 Å². The Hall–Kier alpha value is -2.41. The number of benzene rings is 1. The average Bonchev–Trinajstić information content (AvgIpc) is 3.23. The van der Waals surface area contributed by atoms with Gasteiger partial charge in [0.1, 0.15) is 0 Å². The van der Waals surface area contributed by atoms with Gasteiger partial charge in [0.25, 0.3) is 5.56 Å². The van der Waals surface area contributed by atoms with Gasteiger partial charge in [-0.2, -0.15) is 0 Å². The minimum absolute atomic E-state index is 0.0445. The Balaban J connectivity index is 1.51. The number of rotatable bonds is 5. The number of carbonyl (C=O) groups excluding carboxylic acids is 1. The summed E-state index contributed by atoms with van der Waals surface area (Å²) in [5, 5.41) is 12.7. The van der Waals surface area contributed by atoms with Crippen molar-refractivity contribution in [2.45, 2.75) is 63.6 Å². The molecule has 2 heterocycles. The van der Waals surface area contributed by atoms with Crippen LogP contribution < -0.4 is 15.8 Å². The number of nitrogens with zero attached hydrogens (tertiary/aromatic N) is 3. The first-order valence-electron chi connectivity index (χ1n) is 10.3. The van der Waals surface area contributed by atoms with E-state index >= 15 is 0 Å². The van der Waals surface area contributed by atoms with Crippen molar-refractivity contribution in [1.82, 2.24) is 14.9 Å². The van der Waals surface area contributed by atoms with Gasteiger partial charge in [-0.05, 0) is 50.7 Å². The summed E-state index contributed by atoms with van der Waals surface area (Å²) < 4.78 is 1.69. The number of anilines is 1. The number of fused-ring (bicyclic) bond motifs is 1. The Bertz CT molecular complexity index is 896. The molecule has 1 aromatic carbocycles. The van der Waals surface area contributed by atoms with E-state index in [4.69, 9.17) is 0 Å². The molecule has 2 aromatic rings. The number of aryl methyl sites for hydroxylation is 1. The molecule has 2 N–H and O–H groups in total. The van der Waals surface area contributed by atoms with E-state index in [1.165, 1.54) is 0 Å². The van der Waals surface area contributed by atoms with E-state index in [0.29, 0.717) is 12.4 Å². The molecule has 0 atom stereocenters. The summed E-state index contributed by atoms with van der Waals surface area (Å²) in [4.78, 5) is 32.2. The first-order chi connectivity index (χ1) is 13.6. The van der Waals surface area contributed by atoms with Crippen LogP contribution in [0.4, 0.5) is 5.82 Å². The summed E-state index contributed by atoms with van der Waals surface area (Å²) in [6.07, 6.45) is 5.26. The lowest BCUT2D eigenvalue weighted by Crippen LogP contribution is -2.39. The highest BCUT2D eigenvalue weighted by molar-refractivity contribution is 5.78. The van der Waals surface area contributed by atoms with E-state index in [1.807, 2.05) is 24.3 Å². The van der Waals surface area contributed by atoms with Crippen molar-refractivity contribution in [1.29, 1.82) is 0 Å². The molecule has 0 spiro atoms. The van der Waals surface area contributed by atoms with Crippen molar-refractivity contribution in [3.05, 3.63) is 34.6 Å². The summed E-state index contributed by atoms with van der Waals surface area (Å²) in [7, 11) is 0. The lowest BCUT2D eigenvalue weighted by Gasteiger charge is -2.26. The predicted molar refractivity (Wildman–Crippen MR) is 108 cm³/mol. The van der Waals surface area contributed by atoms with Crippen LogP contribution in [-0.2, 0) is 11.3 Å². The van der Waals surface area contributed by atoms with Gasteiger partial charge in [-0.15, -0.1) is 0 Å². The normalized spacial score (nSPS) is 22.5. The van der Waals surface area contributed by atoms with Crippen molar-refractivity contribution < 1.29 is 9.90 Å². The highest BCUT2D eigenvalue weighted by Gasteiger charge is 2.22. The summed E-state index contributed by atoms with van der Waals surface area (Å²) in [6.45, 7) is 2.05. The van der Waals surface area contributed by atoms with E-state index in [9.17, 15) is 14.7 Å². The highest BCUT2D eigenvalue weighted by Crippen LogP contribution is 2.20. The smallest absolute Gasteiger partial charge is 0.294 e. The standard InChI is InChI=1S/C21H28N4O3/c26-16-9-7-15(8-10-16)22-19(27)11-14-25-18-6-2-1-5-17(18)23-20(21(25)28)24-12-3-4-13-24/h1-2,5-6,15-16,26H,3-4,7-14H2,(H,22,27). The first-order valence-corrected chi connectivity index (χ1v) is 10.3. The molecule has 1 saturated heterocycles. The number of para-hydroxylation sites is 2. The minimum atomic E-state index is -0.237. The predicted octanol–water partition coefficient (Wildman–Crippen LogP) is 1.81. The van der Waals surface area contributed by atoms with E-state index in [0.717, 1.165) is 62.6 Å². The van der Waals surface area contributed by atoms with E-state index < -0.39 is 0 Å². The lowest BCUT2D eigenvalue weighted by atomic mass is 9.93. The van der Waals surface area contributed by atoms with Crippen LogP contribution in [-0.4, -0.2) is 45.8 Å². The minimum Gasteiger partial charge on any atom is -0.393 e. The van der Waals surface area contributed by atoms with Crippen LogP contribution in [0.5, 0.6) is 0 Å². The number of carbonyl (C=O) groups is 1. The third-order valence-corrected chi connectivity index (χ3v) is 5.87. The topological polar surface area (TPSA) is 87.5 Å². The summed E-state index contributed by atoms with van der Waals surface area (Å²) in [6, 6.07) is 7.74. The van der Waals surface area contributed by atoms with Crippen LogP contribution in [0.1, 0.15) is 44.9 Å². The molecule has 1 aliphatic carbocycles. The molecule has 7 nitrogen and oxygen atoms in total. The monoisotopic (exact) mass is 384 g/mol. The zero-order valence-corrected chi connectivity index (χ0v) is 16.1. The number of hydrogen-bond acceptors (Lipinski definition) is 5. The maximum Gasteiger partial charge on any atom is 0.294 e. The van der Waals surface area contributed by atoms with Gasteiger partial charge in [0, 0.05) is 32.1 Å². The van der Waals surface area contributed by atoms with Crippen molar-refractivity contribution in [3.8, 4) is 0 Å². The molecule has 1 amide bonds. The van der Waals surface area contributed by atoms with E-state index in [-0.39, 0.29) is 30.0 Å². The number of aliphatic hydroxyl groups is 1. The molecule has 1 saturated carbocycles. The Morgan fingerprint density at radius 2 is 1.86 bits per heavy atom. The van der Waals surface area contributed by atoms with Gasteiger partial charge in [0.05, 0.1) is 17.1 Å². The summed E-state index contributed by atoms with van der Waals surface area (Å²) in [5.74, 6) is 0.454. The second kappa shape index (κ2) is 8.31. The molecular formula is C21H28N4O3. The molecule has 0 unspecified atom stereocenters. The number of aromatic nitrogens is 2. The van der Waals surface area contributed by atoms with Crippen LogP contribution >= 0.6 is 0 Å². The zero-order chi connectivity index (χ0) is 19.5. The fourth-order valence-corrected chi connectivity index (χ4v) is 4.27. The van der Waals surface area contributed by atoms with Gasteiger partial charge in [-0.25, -0.2) is 4.98 Å². The van der Waals surface area contributed by atoms with Crippen LogP contribution in [0.15, 0.2) is 29.1 Å². The molecule has 0 radical (unpaired) electrons. The van der Waals surface area contributed by atoms with Crippen LogP contribution in [0.25, 0.3) is 11.0 Å². The lowest BCUT2D eigenvalue weighted by molar-refractivity contribution is -0.122. The zero-order valence-electron chi connectivity index (χ0n) is 16.1. The largest absolute Gasteiger partial charge is 0.393 e. The summed E-state index contributed by atoms with van der Waals surface area (Å²) >= 11 is 0. The molecule has 7 heteroatoms. The van der Waals surface area contributed by atoms with Gasteiger partial charge in [-0.1, -0.05) is 12.1 Å². The van der Waals surface area contributed by atoms with Crippen molar-refractivity contribution in [3.63, 3.8) is 0 Å². The molecule has 150 valence electrons. The van der Waals surface area contributed by atoms with Crippen LogP contribution in [0, 0.1) is 0 Å². The number of hydrogen-bond donors (Lipinski definition) is 2. The van der Waals surface area contributed by atoms with E-state index in [1.54, 1.807) is 4.57 Å². The van der Waals surface area contributed by atoms with Gasteiger partial charge in [0.15, 0.2) is 5.82 Å². The maximum atomic E-state index is 13.1. The molecule has 1 aromatic heterocycles.